The SMILES string of the molecule is O=C(Nc1ccccc1N1CCOCC1)c1csc(C2CCN(C(=O)COc3ccc(Cl)cc3)CC2)n1. The summed E-state index contributed by atoms with van der Waals surface area (Å²) in [5.41, 5.74) is 2.19. The van der Waals surface area contributed by atoms with Gasteiger partial charge in [-0.3, -0.25) is 9.59 Å². The van der Waals surface area contributed by atoms with Crippen LogP contribution in [0.3, 0.4) is 0 Å². The summed E-state index contributed by atoms with van der Waals surface area (Å²) in [6, 6.07) is 14.8. The summed E-state index contributed by atoms with van der Waals surface area (Å²) in [7, 11) is 0. The molecule has 1 N–H and O–H groups in total. The Labute approximate surface area is 225 Å². The first kappa shape index (κ1) is 25.5. The summed E-state index contributed by atoms with van der Waals surface area (Å²) in [5, 5.41) is 6.43. The Morgan fingerprint density at radius 2 is 1.78 bits per heavy atom. The van der Waals surface area contributed by atoms with Gasteiger partial charge in [0, 0.05) is 42.5 Å². The van der Waals surface area contributed by atoms with Gasteiger partial charge in [0.25, 0.3) is 11.8 Å². The van der Waals surface area contributed by atoms with Crippen LogP contribution in [0, 0.1) is 0 Å². The average Bonchev–Trinajstić information content (AvgIpc) is 3.44. The molecule has 2 amide bonds. The Morgan fingerprint density at radius 3 is 2.54 bits per heavy atom. The summed E-state index contributed by atoms with van der Waals surface area (Å²) >= 11 is 7.40. The van der Waals surface area contributed by atoms with E-state index in [0.29, 0.717) is 42.8 Å². The fourth-order valence-electron chi connectivity index (χ4n) is 4.57. The van der Waals surface area contributed by atoms with Crippen LogP contribution < -0.4 is 15.0 Å². The van der Waals surface area contributed by atoms with Gasteiger partial charge < -0.3 is 24.6 Å². The van der Waals surface area contributed by atoms with E-state index in [2.05, 4.69) is 15.2 Å². The van der Waals surface area contributed by atoms with Crippen LogP contribution in [0.4, 0.5) is 11.4 Å². The highest BCUT2D eigenvalue weighted by atomic mass is 35.5. The van der Waals surface area contributed by atoms with Crippen LogP contribution in [-0.2, 0) is 9.53 Å². The number of hydrogen-bond acceptors (Lipinski definition) is 7. The molecule has 8 nitrogen and oxygen atoms in total. The van der Waals surface area contributed by atoms with Crippen molar-refractivity contribution in [3.8, 4) is 5.75 Å². The molecule has 2 aliphatic rings. The predicted octanol–water partition coefficient (Wildman–Crippen LogP) is 4.67. The first-order valence-corrected chi connectivity index (χ1v) is 13.7. The molecule has 0 unspecified atom stereocenters. The van der Waals surface area contributed by atoms with E-state index in [0.717, 1.165) is 42.3 Å². The van der Waals surface area contributed by atoms with Gasteiger partial charge in [0.1, 0.15) is 11.4 Å². The zero-order chi connectivity index (χ0) is 25.6. The van der Waals surface area contributed by atoms with E-state index in [1.165, 1.54) is 11.3 Å². The summed E-state index contributed by atoms with van der Waals surface area (Å²) in [6.07, 6.45) is 1.61. The van der Waals surface area contributed by atoms with Gasteiger partial charge in [0.2, 0.25) is 0 Å². The molecule has 3 heterocycles. The van der Waals surface area contributed by atoms with Crippen LogP contribution in [0.25, 0.3) is 0 Å². The lowest BCUT2D eigenvalue weighted by molar-refractivity contribution is -0.134. The van der Waals surface area contributed by atoms with Crippen LogP contribution in [0.2, 0.25) is 5.02 Å². The number of carbonyl (C=O) groups excluding carboxylic acids is 2. The molecule has 10 heteroatoms. The third-order valence-electron chi connectivity index (χ3n) is 6.63. The zero-order valence-corrected chi connectivity index (χ0v) is 22.0. The molecular formula is C27H29ClN4O4S. The van der Waals surface area contributed by atoms with Crippen molar-refractivity contribution < 1.29 is 19.1 Å². The van der Waals surface area contributed by atoms with Crippen molar-refractivity contribution in [1.82, 2.24) is 9.88 Å². The molecule has 2 aliphatic heterocycles. The van der Waals surface area contributed by atoms with Gasteiger partial charge in [-0.25, -0.2) is 4.98 Å². The van der Waals surface area contributed by atoms with Crippen molar-refractivity contribution in [2.75, 3.05) is 56.2 Å². The van der Waals surface area contributed by atoms with E-state index in [1.54, 1.807) is 24.3 Å². The van der Waals surface area contributed by atoms with Gasteiger partial charge in [-0.2, -0.15) is 0 Å². The number of piperidine rings is 1. The third-order valence-corrected chi connectivity index (χ3v) is 7.89. The van der Waals surface area contributed by atoms with Crippen LogP contribution in [0.5, 0.6) is 5.75 Å². The van der Waals surface area contributed by atoms with Gasteiger partial charge in [0.15, 0.2) is 6.61 Å². The number of amides is 2. The van der Waals surface area contributed by atoms with E-state index in [1.807, 2.05) is 34.5 Å². The lowest BCUT2D eigenvalue weighted by Crippen LogP contribution is -2.40. The average molecular weight is 541 g/mol. The number of hydrogen-bond donors (Lipinski definition) is 1. The minimum absolute atomic E-state index is 0.000201. The predicted molar refractivity (Wildman–Crippen MR) is 145 cm³/mol. The Morgan fingerprint density at radius 1 is 1.05 bits per heavy atom. The molecule has 5 rings (SSSR count). The first-order chi connectivity index (χ1) is 18.1. The first-order valence-electron chi connectivity index (χ1n) is 12.4. The number of rotatable bonds is 7. The minimum atomic E-state index is -0.213. The Kier molecular flexibility index (Phi) is 8.23. The maximum absolute atomic E-state index is 13.0. The topological polar surface area (TPSA) is 84.0 Å². The second kappa shape index (κ2) is 11.9. The van der Waals surface area contributed by atoms with E-state index in [4.69, 9.17) is 21.1 Å². The monoisotopic (exact) mass is 540 g/mol. The number of anilines is 2. The number of ether oxygens (including phenoxy) is 2. The van der Waals surface area contributed by atoms with Crippen molar-refractivity contribution >= 4 is 46.1 Å². The number of thiazole rings is 1. The van der Waals surface area contributed by atoms with E-state index in [-0.39, 0.29) is 24.3 Å². The smallest absolute Gasteiger partial charge is 0.275 e. The van der Waals surface area contributed by atoms with Crippen molar-refractivity contribution in [3.63, 3.8) is 0 Å². The lowest BCUT2D eigenvalue weighted by atomic mass is 9.97. The van der Waals surface area contributed by atoms with Crippen molar-refractivity contribution in [3.05, 3.63) is 69.6 Å². The fourth-order valence-corrected chi connectivity index (χ4v) is 5.67. The number of nitrogens with zero attached hydrogens (tertiary/aromatic N) is 3. The Hall–Kier alpha value is -3.14. The van der Waals surface area contributed by atoms with Crippen LogP contribution in [0.15, 0.2) is 53.9 Å². The highest BCUT2D eigenvalue weighted by Crippen LogP contribution is 2.31. The molecule has 0 spiro atoms. The second-order valence-electron chi connectivity index (χ2n) is 9.04. The molecule has 0 saturated carbocycles. The normalized spacial score (nSPS) is 16.5. The van der Waals surface area contributed by atoms with Crippen molar-refractivity contribution in [2.45, 2.75) is 18.8 Å². The van der Waals surface area contributed by atoms with Gasteiger partial charge in [-0.05, 0) is 49.2 Å². The molecule has 2 aromatic carbocycles. The van der Waals surface area contributed by atoms with Crippen molar-refractivity contribution in [1.29, 1.82) is 0 Å². The quantitative estimate of drug-likeness (QED) is 0.469. The number of likely N-dealkylation sites (tertiary alicyclic amines) is 1. The van der Waals surface area contributed by atoms with Crippen LogP contribution >= 0.6 is 22.9 Å². The van der Waals surface area contributed by atoms with Crippen molar-refractivity contribution in [2.24, 2.45) is 0 Å². The molecule has 2 fully saturated rings. The van der Waals surface area contributed by atoms with Crippen LogP contribution in [0.1, 0.15) is 34.3 Å². The molecule has 37 heavy (non-hydrogen) atoms. The molecule has 2 saturated heterocycles. The number of nitrogens with one attached hydrogen (secondary N) is 1. The second-order valence-corrected chi connectivity index (χ2v) is 10.4. The lowest BCUT2D eigenvalue weighted by Gasteiger charge is -2.31. The summed E-state index contributed by atoms with van der Waals surface area (Å²) < 4.78 is 11.1. The molecule has 0 bridgehead atoms. The van der Waals surface area contributed by atoms with Gasteiger partial charge in [-0.15, -0.1) is 11.3 Å². The van der Waals surface area contributed by atoms with E-state index < -0.39 is 0 Å². The molecule has 0 atom stereocenters. The number of para-hydroxylation sites is 2. The molecule has 0 aliphatic carbocycles. The van der Waals surface area contributed by atoms with E-state index in [9.17, 15) is 9.59 Å². The van der Waals surface area contributed by atoms with Gasteiger partial charge in [-0.1, -0.05) is 23.7 Å². The number of benzene rings is 2. The van der Waals surface area contributed by atoms with E-state index >= 15 is 0 Å². The Bertz CT molecular complexity index is 1220. The number of aromatic nitrogens is 1. The summed E-state index contributed by atoms with van der Waals surface area (Å²) in [6.45, 7) is 4.22. The number of morpholine rings is 1. The largest absolute Gasteiger partial charge is 0.484 e. The fraction of sp³-hybridized carbons (Fsp3) is 0.370. The molecule has 194 valence electrons. The highest BCUT2D eigenvalue weighted by molar-refractivity contribution is 7.10. The van der Waals surface area contributed by atoms with Gasteiger partial charge >= 0.3 is 0 Å². The Balaban J connectivity index is 1.13. The number of carbonyl (C=O) groups is 2. The van der Waals surface area contributed by atoms with Crippen LogP contribution in [-0.4, -0.2) is 67.7 Å². The summed E-state index contributed by atoms with van der Waals surface area (Å²) in [4.78, 5) is 34.3. The standard InChI is InChI=1S/C27H29ClN4O4S/c28-20-5-7-21(8-6-20)36-17-25(33)32-11-9-19(10-12-32)27-30-23(18-37-27)26(34)29-22-3-1-2-4-24(22)31-13-15-35-16-14-31/h1-8,18-19H,9-17H2,(H,29,34). The highest BCUT2D eigenvalue weighted by Gasteiger charge is 2.27. The maximum atomic E-state index is 13.0. The number of halogens is 1. The minimum Gasteiger partial charge on any atom is -0.484 e. The molecular weight excluding hydrogens is 512 g/mol. The molecule has 3 aromatic rings. The molecule has 0 radical (unpaired) electrons. The third kappa shape index (κ3) is 6.41. The molecule has 1 aromatic heterocycles. The maximum Gasteiger partial charge on any atom is 0.275 e. The van der Waals surface area contributed by atoms with Gasteiger partial charge in [0.05, 0.1) is 29.6 Å². The summed E-state index contributed by atoms with van der Waals surface area (Å²) in [5.74, 6) is 0.601. The zero-order valence-electron chi connectivity index (χ0n) is 20.4.